The topological polar surface area (TPSA) is 20.3 Å². The molecule has 0 unspecified atom stereocenters. The summed E-state index contributed by atoms with van der Waals surface area (Å²) in [5.41, 5.74) is -0.180. The van der Waals surface area contributed by atoms with E-state index in [2.05, 4.69) is 0 Å². The van der Waals surface area contributed by atoms with Crippen molar-refractivity contribution in [3.8, 4) is 0 Å². The molecule has 0 atom stereocenters. The number of amides is 1. The van der Waals surface area contributed by atoms with Crippen LogP contribution in [0, 0.1) is 17.5 Å². The van der Waals surface area contributed by atoms with Crippen LogP contribution in [0.5, 0.6) is 0 Å². The van der Waals surface area contributed by atoms with Crippen molar-refractivity contribution in [2.75, 3.05) is 7.05 Å². The van der Waals surface area contributed by atoms with E-state index in [1.807, 2.05) is 13.8 Å². The molecular weight excluding hydrogens is 243 g/mol. The van der Waals surface area contributed by atoms with Crippen LogP contribution in [0.1, 0.15) is 37.0 Å². The van der Waals surface area contributed by atoms with Crippen molar-refractivity contribution in [2.24, 2.45) is 0 Å². The minimum atomic E-state index is -1.56. The van der Waals surface area contributed by atoms with Crippen LogP contribution in [-0.4, -0.2) is 23.9 Å². The molecule has 100 valence electrons. The Balaban J connectivity index is 3.04. The molecule has 0 aliphatic carbocycles. The van der Waals surface area contributed by atoms with E-state index in [0.29, 0.717) is 0 Å². The Morgan fingerprint density at radius 3 is 2.00 bits per heavy atom. The molecule has 18 heavy (non-hydrogen) atoms. The van der Waals surface area contributed by atoms with Gasteiger partial charge in [0.2, 0.25) is 0 Å². The van der Waals surface area contributed by atoms with Gasteiger partial charge in [0, 0.05) is 18.7 Å². The van der Waals surface area contributed by atoms with Crippen LogP contribution < -0.4 is 0 Å². The fraction of sp³-hybridized carbons (Fsp3) is 0.462. The average molecular weight is 259 g/mol. The summed E-state index contributed by atoms with van der Waals surface area (Å²) in [6, 6.07) is 1.44. The highest BCUT2D eigenvalue weighted by Gasteiger charge is 2.21. The molecule has 0 aliphatic heterocycles. The van der Waals surface area contributed by atoms with Gasteiger partial charge in [-0.25, -0.2) is 13.2 Å². The normalized spacial score (nSPS) is 10.8. The first kappa shape index (κ1) is 14.5. The smallest absolute Gasteiger partial charge is 0.254 e. The highest BCUT2D eigenvalue weighted by atomic mass is 19.2. The maximum absolute atomic E-state index is 13.0. The third-order valence-corrected chi connectivity index (χ3v) is 3.04. The lowest BCUT2D eigenvalue weighted by Crippen LogP contribution is -2.36. The second-order valence-corrected chi connectivity index (χ2v) is 4.14. The van der Waals surface area contributed by atoms with Gasteiger partial charge in [0.05, 0.1) is 0 Å². The molecule has 2 nitrogen and oxygen atoms in total. The van der Waals surface area contributed by atoms with Crippen LogP contribution in [0.25, 0.3) is 0 Å². The monoisotopic (exact) mass is 259 g/mol. The minimum Gasteiger partial charge on any atom is -0.339 e. The molecule has 0 heterocycles. The molecule has 5 heteroatoms. The third-order valence-electron chi connectivity index (χ3n) is 3.04. The second kappa shape index (κ2) is 5.89. The summed E-state index contributed by atoms with van der Waals surface area (Å²) in [6.45, 7) is 3.84. The zero-order chi connectivity index (χ0) is 13.9. The van der Waals surface area contributed by atoms with E-state index in [9.17, 15) is 18.0 Å². The van der Waals surface area contributed by atoms with Gasteiger partial charge in [-0.1, -0.05) is 13.8 Å². The van der Waals surface area contributed by atoms with Crippen LogP contribution in [0.2, 0.25) is 0 Å². The van der Waals surface area contributed by atoms with Crippen LogP contribution in [0.4, 0.5) is 13.2 Å². The van der Waals surface area contributed by atoms with E-state index >= 15 is 0 Å². The molecule has 0 fully saturated rings. The summed E-state index contributed by atoms with van der Waals surface area (Å²) in [6.07, 6.45) is 1.48. The summed E-state index contributed by atoms with van der Waals surface area (Å²) in [5.74, 6) is -4.77. The van der Waals surface area contributed by atoms with Gasteiger partial charge in [-0.15, -0.1) is 0 Å². The number of halogens is 3. The molecule has 0 aromatic heterocycles. The summed E-state index contributed by atoms with van der Waals surface area (Å²) >= 11 is 0. The average Bonchev–Trinajstić information content (AvgIpc) is 2.35. The number of carbonyl (C=O) groups is 1. The fourth-order valence-electron chi connectivity index (χ4n) is 1.88. The largest absolute Gasteiger partial charge is 0.339 e. The van der Waals surface area contributed by atoms with Crippen molar-refractivity contribution in [1.29, 1.82) is 0 Å². The van der Waals surface area contributed by atoms with Gasteiger partial charge in [0.1, 0.15) is 0 Å². The second-order valence-electron chi connectivity index (χ2n) is 4.14. The summed E-state index contributed by atoms with van der Waals surface area (Å²) in [5, 5.41) is 0. The predicted octanol–water partition coefficient (Wildman–Crippen LogP) is 3.36. The first-order valence-electron chi connectivity index (χ1n) is 5.84. The van der Waals surface area contributed by atoms with E-state index in [0.717, 1.165) is 25.0 Å². The van der Waals surface area contributed by atoms with Gasteiger partial charge < -0.3 is 4.90 Å². The van der Waals surface area contributed by atoms with E-state index in [4.69, 9.17) is 0 Å². The number of benzene rings is 1. The fourth-order valence-corrected chi connectivity index (χ4v) is 1.88. The molecule has 1 aromatic carbocycles. The first-order valence-corrected chi connectivity index (χ1v) is 5.84. The molecule has 0 saturated heterocycles. The van der Waals surface area contributed by atoms with Gasteiger partial charge in [-0.05, 0) is 25.0 Å². The van der Waals surface area contributed by atoms with E-state index in [1.165, 1.54) is 4.90 Å². The first-order chi connectivity index (χ1) is 8.42. The molecule has 1 rings (SSSR count). The Hall–Kier alpha value is -1.52. The number of rotatable bonds is 4. The lowest BCUT2D eigenvalue weighted by atomic mass is 10.1. The van der Waals surface area contributed by atoms with Gasteiger partial charge in [-0.3, -0.25) is 4.79 Å². The highest BCUT2D eigenvalue weighted by Crippen LogP contribution is 2.17. The van der Waals surface area contributed by atoms with E-state index in [-0.39, 0.29) is 11.6 Å². The number of nitrogens with zero attached hydrogens (tertiary/aromatic N) is 1. The van der Waals surface area contributed by atoms with Crippen molar-refractivity contribution in [3.63, 3.8) is 0 Å². The molecule has 0 saturated carbocycles. The zero-order valence-corrected chi connectivity index (χ0v) is 10.6. The predicted molar refractivity (Wildman–Crippen MR) is 62.8 cm³/mol. The van der Waals surface area contributed by atoms with Gasteiger partial charge in [0.15, 0.2) is 17.5 Å². The maximum atomic E-state index is 13.0. The van der Waals surface area contributed by atoms with Crippen molar-refractivity contribution in [2.45, 2.75) is 32.7 Å². The highest BCUT2D eigenvalue weighted by molar-refractivity contribution is 5.94. The summed E-state index contributed by atoms with van der Waals surface area (Å²) in [7, 11) is 1.57. The van der Waals surface area contributed by atoms with Crippen molar-refractivity contribution >= 4 is 5.91 Å². The Labute approximate surface area is 104 Å². The van der Waals surface area contributed by atoms with Gasteiger partial charge >= 0.3 is 0 Å². The van der Waals surface area contributed by atoms with E-state index < -0.39 is 23.4 Å². The standard InChI is InChI=1S/C13H16F3NO/c1-4-9(5-2)17(3)13(18)8-6-10(14)12(16)11(15)7-8/h6-7,9H,4-5H2,1-3H3. The summed E-state index contributed by atoms with van der Waals surface area (Å²) < 4.78 is 38.9. The Morgan fingerprint density at radius 1 is 1.17 bits per heavy atom. The quantitative estimate of drug-likeness (QED) is 0.759. The van der Waals surface area contributed by atoms with Crippen molar-refractivity contribution in [1.82, 2.24) is 4.90 Å². The molecule has 1 amide bonds. The molecule has 0 radical (unpaired) electrons. The molecule has 0 aliphatic rings. The molecule has 0 spiro atoms. The van der Waals surface area contributed by atoms with Gasteiger partial charge in [0.25, 0.3) is 5.91 Å². The zero-order valence-electron chi connectivity index (χ0n) is 10.6. The Kier molecular flexibility index (Phi) is 4.76. The molecular formula is C13H16F3NO. The Bertz CT molecular complexity index is 421. The van der Waals surface area contributed by atoms with E-state index in [1.54, 1.807) is 7.05 Å². The Morgan fingerprint density at radius 2 is 1.61 bits per heavy atom. The number of carbonyl (C=O) groups excluding carboxylic acids is 1. The molecule has 0 bridgehead atoms. The lowest BCUT2D eigenvalue weighted by molar-refractivity contribution is 0.0722. The number of hydrogen-bond donors (Lipinski definition) is 0. The van der Waals surface area contributed by atoms with Crippen molar-refractivity contribution in [3.05, 3.63) is 35.1 Å². The van der Waals surface area contributed by atoms with Crippen LogP contribution >= 0.6 is 0 Å². The van der Waals surface area contributed by atoms with Crippen LogP contribution in [0.3, 0.4) is 0 Å². The lowest BCUT2D eigenvalue weighted by Gasteiger charge is -2.26. The minimum absolute atomic E-state index is 0.00586. The molecule has 1 aromatic rings. The van der Waals surface area contributed by atoms with Crippen molar-refractivity contribution < 1.29 is 18.0 Å². The summed E-state index contributed by atoms with van der Waals surface area (Å²) in [4.78, 5) is 13.4. The third kappa shape index (κ3) is 2.83. The SMILES string of the molecule is CCC(CC)N(C)C(=O)c1cc(F)c(F)c(F)c1. The maximum Gasteiger partial charge on any atom is 0.254 e. The van der Waals surface area contributed by atoms with Crippen LogP contribution in [0.15, 0.2) is 12.1 Å². The number of hydrogen-bond acceptors (Lipinski definition) is 1. The molecule has 0 N–H and O–H groups in total. The van der Waals surface area contributed by atoms with Gasteiger partial charge in [-0.2, -0.15) is 0 Å². The van der Waals surface area contributed by atoms with Crippen LogP contribution in [-0.2, 0) is 0 Å².